The molecule has 1 spiro atoms. The van der Waals surface area contributed by atoms with Crippen LogP contribution in [0.1, 0.15) is 12.8 Å². The van der Waals surface area contributed by atoms with E-state index in [0.29, 0.717) is 25.9 Å². The zero-order chi connectivity index (χ0) is 15.1. The lowest BCUT2D eigenvalue weighted by atomic mass is 9.91. The number of sulfonamides is 1. The van der Waals surface area contributed by atoms with Crippen molar-refractivity contribution in [2.75, 3.05) is 19.6 Å². The van der Waals surface area contributed by atoms with Gasteiger partial charge in [0.1, 0.15) is 10.5 Å². The monoisotopic (exact) mass is 313 g/mol. The highest BCUT2D eigenvalue weighted by Crippen LogP contribution is 2.33. The summed E-state index contributed by atoms with van der Waals surface area (Å²) in [5.74, 6) is 0.0753. The molecule has 114 valence electrons. The molecule has 2 aliphatic rings. The number of aromatic nitrogens is 1. The van der Waals surface area contributed by atoms with Crippen molar-refractivity contribution in [1.82, 2.24) is 14.6 Å². The number of amides is 1. The molecule has 0 unspecified atom stereocenters. The lowest BCUT2D eigenvalue weighted by Gasteiger charge is -2.39. The lowest BCUT2D eigenvalue weighted by molar-refractivity contribution is 0.00603. The Morgan fingerprint density at radius 2 is 2.14 bits per heavy atom. The number of pyridine rings is 1. The number of fused-ring (bicyclic) bond motifs is 1. The normalized spacial score (nSPS) is 23.0. The molecule has 1 aromatic heterocycles. The Labute approximate surface area is 121 Å². The van der Waals surface area contributed by atoms with Gasteiger partial charge < -0.3 is 14.7 Å². The summed E-state index contributed by atoms with van der Waals surface area (Å²) in [6.07, 6.45) is 1.33. The van der Waals surface area contributed by atoms with E-state index < -0.39 is 21.7 Å². The van der Waals surface area contributed by atoms with Crippen molar-refractivity contribution in [1.29, 1.82) is 0 Å². The van der Waals surface area contributed by atoms with Crippen LogP contribution in [0.4, 0.5) is 4.79 Å². The second-order valence-electron chi connectivity index (χ2n) is 5.19. The summed E-state index contributed by atoms with van der Waals surface area (Å²) >= 11 is 0. The minimum atomic E-state index is -3.65. The van der Waals surface area contributed by atoms with E-state index in [1.807, 2.05) is 0 Å². The summed E-state index contributed by atoms with van der Waals surface area (Å²) in [6.45, 7) is 0.720. The predicted octanol–water partition coefficient (Wildman–Crippen LogP) is 0.265. The summed E-state index contributed by atoms with van der Waals surface area (Å²) in [4.78, 5) is 16.3. The summed E-state index contributed by atoms with van der Waals surface area (Å²) < 4.78 is 32.7. The molecular formula is C12H15N3O5S. The van der Waals surface area contributed by atoms with Gasteiger partial charge in [0.2, 0.25) is 15.9 Å². The van der Waals surface area contributed by atoms with Crippen LogP contribution in [0.3, 0.4) is 0 Å². The van der Waals surface area contributed by atoms with Crippen LogP contribution in [-0.4, -0.2) is 54.7 Å². The van der Waals surface area contributed by atoms with E-state index in [0.717, 1.165) is 0 Å². The second-order valence-corrected chi connectivity index (χ2v) is 6.92. The Morgan fingerprint density at radius 3 is 2.81 bits per heavy atom. The Kier molecular flexibility index (Phi) is 3.25. The highest BCUT2D eigenvalue weighted by molar-refractivity contribution is 7.89. The van der Waals surface area contributed by atoms with Gasteiger partial charge in [-0.05, 0) is 12.1 Å². The Morgan fingerprint density at radius 1 is 1.43 bits per heavy atom. The molecular weight excluding hydrogens is 298 g/mol. The minimum absolute atomic E-state index is 0.0162. The molecule has 0 aliphatic carbocycles. The maximum Gasteiger partial charge on any atom is 0.407 e. The van der Waals surface area contributed by atoms with Crippen LogP contribution in [0.5, 0.6) is 5.88 Å². The highest BCUT2D eigenvalue weighted by atomic mass is 32.2. The fourth-order valence-corrected chi connectivity index (χ4v) is 3.78. The molecule has 2 N–H and O–H groups in total. The number of carboxylic acid groups (broad SMARTS) is 1. The molecule has 0 radical (unpaired) electrons. The highest BCUT2D eigenvalue weighted by Gasteiger charge is 2.42. The van der Waals surface area contributed by atoms with Gasteiger partial charge in [-0.1, -0.05) is 0 Å². The maximum atomic E-state index is 12.2. The van der Waals surface area contributed by atoms with Gasteiger partial charge in [0.15, 0.2) is 0 Å². The van der Waals surface area contributed by atoms with Crippen molar-refractivity contribution < 1.29 is 23.1 Å². The second kappa shape index (κ2) is 4.85. The molecule has 1 saturated heterocycles. The first-order valence-electron chi connectivity index (χ1n) is 6.53. The van der Waals surface area contributed by atoms with Crippen LogP contribution in [-0.2, 0) is 10.0 Å². The number of ether oxygens (including phenoxy) is 1. The molecule has 1 fully saturated rings. The summed E-state index contributed by atoms with van der Waals surface area (Å²) in [5.41, 5.74) is -0.751. The van der Waals surface area contributed by atoms with E-state index in [1.165, 1.54) is 23.2 Å². The first-order chi connectivity index (χ1) is 9.92. The van der Waals surface area contributed by atoms with Gasteiger partial charge in [0.05, 0.1) is 6.54 Å². The molecule has 0 saturated carbocycles. The van der Waals surface area contributed by atoms with Crippen LogP contribution in [0.15, 0.2) is 23.2 Å². The smallest absolute Gasteiger partial charge is 0.407 e. The molecule has 3 heterocycles. The number of rotatable bonds is 0. The first kappa shape index (κ1) is 14.1. The molecule has 9 heteroatoms. The van der Waals surface area contributed by atoms with Crippen LogP contribution in [0.25, 0.3) is 0 Å². The van der Waals surface area contributed by atoms with Gasteiger partial charge in [-0.3, -0.25) is 0 Å². The van der Waals surface area contributed by atoms with Crippen molar-refractivity contribution in [3.8, 4) is 5.88 Å². The third-order valence-electron chi connectivity index (χ3n) is 3.87. The standard InChI is InChI=1S/C12H15N3O5S/c16-11(17)15-6-3-12(4-7-15)8-14-21(18,19)9-2-1-5-13-10(9)20-12/h1-2,5,14H,3-4,6-8H2,(H,16,17). The number of nitrogens with one attached hydrogen (secondary N) is 1. The van der Waals surface area contributed by atoms with Gasteiger partial charge in [-0.15, -0.1) is 0 Å². The van der Waals surface area contributed by atoms with Gasteiger partial charge >= 0.3 is 6.09 Å². The van der Waals surface area contributed by atoms with Gasteiger partial charge in [0.25, 0.3) is 0 Å². The molecule has 0 aromatic carbocycles. The molecule has 21 heavy (non-hydrogen) atoms. The fraction of sp³-hybridized carbons (Fsp3) is 0.500. The lowest BCUT2D eigenvalue weighted by Crippen LogP contribution is -2.54. The molecule has 1 amide bonds. The topological polar surface area (TPSA) is 109 Å². The fourth-order valence-electron chi connectivity index (χ4n) is 2.59. The van der Waals surface area contributed by atoms with Crippen molar-refractivity contribution in [2.24, 2.45) is 0 Å². The Hall–Kier alpha value is -1.87. The number of carbonyl (C=O) groups is 1. The average molecular weight is 313 g/mol. The molecule has 0 bridgehead atoms. The van der Waals surface area contributed by atoms with Gasteiger partial charge in [0, 0.05) is 32.1 Å². The van der Waals surface area contributed by atoms with E-state index in [-0.39, 0.29) is 17.3 Å². The number of nitrogens with zero attached hydrogens (tertiary/aromatic N) is 2. The summed E-state index contributed by atoms with van der Waals surface area (Å²) in [7, 11) is -3.65. The van der Waals surface area contributed by atoms with E-state index >= 15 is 0 Å². The quantitative estimate of drug-likeness (QED) is 0.711. The van der Waals surface area contributed by atoms with Crippen LogP contribution < -0.4 is 9.46 Å². The first-order valence-corrected chi connectivity index (χ1v) is 8.02. The van der Waals surface area contributed by atoms with E-state index in [4.69, 9.17) is 9.84 Å². The Bertz CT molecular complexity index is 667. The number of piperidine rings is 1. The van der Waals surface area contributed by atoms with Crippen LogP contribution in [0, 0.1) is 0 Å². The number of hydrogen-bond acceptors (Lipinski definition) is 5. The van der Waals surface area contributed by atoms with Crippen LogP contribution in [0.2, 0.25) is 0 Å². The largest absolute Gasteiger partial charge is 0.469 e. The predicted molar refractivity (Wildman–Crippen MR) is 71.6 cm³/mol. The molecule has 2 aliphatic heterocycles. The molecule has 3 rings (SSSR count). The third kappa shape index (κ3) is 2.54. The SMILES string of the molecule is O=C(O)N1CCC2(CC1)CNS(=O)(=O)c1cccnc1O2. The van der Waals surface area contributed by atoms with Crippen molar-refractivity contribution in [3.05, 3.63) is 18.3 Å². The van der Waals surface area contributed by atoms with E-state index in [9.17, 15) is 13.2 Å². The maximum absolute atomic E-state index is 12.2. The molecule has 0 atom stereocenters. The molecule has 8 nitrogen and oxygen atoms in total. The molecule has 1 aromatic rings. The Balaban J connectivity index is 1.90. The average Bonchev–Trinajstić information content (AvgIpc) is 2.56. The zero-order valence-corrected chi connectivity index (χ0v) is 12.0. The van der Waals surface area contributed by atoms with Gasteiger partial charge in [-0.2, -0.15) is 0 Å². The van der Waals surface area contributed by atoms with Crippen molar-refractivity contribution in [3.63, 3.8) is 0 Å². The van der Waals surface area contributed by atoms with E-state index in [2.05, 4.69) is 9.71 Å². The van der Waals surface area contributed by atoms with Crippen molar-refractivity contribution in [2.45, 2.75) is 23.3 Å². The zero-order valence-electron chi connectivity index (χ0n) is 11.2. The van der Waals surface area contributed by atoms with Gasteiger partial charge in [-0.25, -0.2) is 22.9 Å². The van der Waals surface area contributed by atoms with Crippen molar-refractivity contribution >= 4 is 16.1 Å². The summed E-state index contributed by atoms with van der Waals surface area (Å²) in [6, 6.07) is 2.97. The summed E-state index contributed by atoms with van der Waals surface area (Å²) in [5, 5.41) is 8.98. The third-order valence-corrected chi connectivity index (χ3v) is 5.28. The number of likely N-dealkylation sites (tertiary alicyclic amines) is 1. The minimum Gasteiger partial charge on any atom is -0.469 e. The van der Waals surface area contributed by atoms with Crippen LogP contribution >= 0.6 is 0 Å². The number of hydrogen-bond donors (Lipinski definition) is 2. The van der Waals surface area contributed by atoms with E-state index in [1.54, 1.807) is 0 Å².